The first kappa shape index (κ1) is 24.8. The fraction of sp³-hybridized carbons (Fsp3) is 0.360. The molecule has 1 aromatic heterocycles. The number of methoxy groups -OCH3 is 1. The number of benzene rings is 2. The van der Waals surface area contributed by atoms with Crippen LogP contribution in [0.2, 0.25) is 5.02 Å². The summed E-state index contributed by atoms with van der Waals surface area (Å²) < 4.78 is 10.4. The van der Waals surface area contributed by atoms with E-state index in [1.54, 1.807) is 43.5 Å². The average Bonchev–Trinajstić information content (AvgIpc) is 3.33. The third-order valence-corrected chi connectivity index (χ3v) is 6.08. The summed E-state index contributed by atoms with van der Waals surface area (Å²) in [7, 11) is 1.57. The Hall–Kier alpha value is -3.27. The zero-order valence-corrected chi connectivity index (χ0v) is 20.3. The largest absolute Gasteiger partial charge is 0.383 e. The second-order valence-electron chi connectivity index (χ2n) is 8.38. The first-order chi connectivity index (χ1) is 17.0. The number of hydrogen-bond acceptors (Lipinski definition) is 7. The van der Waals surface area contributed by atoms with Crippen molar-refractivity contribution in [2.24, 2.45) is 5.92 Å². The van der Waals surface area contributed by atoms with Gasteiger partial charge < -0.3 is 19.9 Å². The number of likely N-dealkylation sites (tertiary alicyclic amines) is 1. The highest BCUT2D eigenvalue weighted by Crippen LogP contribution is 2.23. The van der Waals surface area contributed by atoms with E-state index >= 15 is 0 Å². The predicted molar refractivity (Wildman–Crippen MR) is 132 cm³/mol. The third kappa shape index (κ3) is 6.66. The minimum Gasteiger partial charge on any atom is -0.383 e. The normalized spacial score (nSPS) is 16.1. The van der Waals surface area contributed by atoms with E-state index in [9.17, 15) is 9.59 Å². The number of aromatic nitrogens is 2. The number of para-hydroxylation sites is 1. The molecule has 184 valence electrons. The molecule has 1 aliphatic rings. The number of hydrogen-bond donors (Lipinski definition) is 2. The molecule has 10 heteroatoms. The maximum Gasteiger partial charge on any atom is 0.253 e. The van der Waals surface area contributed by atoms with Crippen molar-refractivity contribution in [1.29, 1.82) is 0 Å². The molecule has 2 amide bonds. The summed E-state index contributed by atoms with van der Waals surface area (Å²) in [6, 6.07) is 14.2. The topological polar surface area (TPSA) is 110 Å². The van der Waals surface area contributed by atoms with Crippen LogP contribution in [-0.2, 0) is 16.1 Å². The summed E-state index contributed by atoms with van der Waals surface area (Å²) in [6.07, 6.45) is 1.64. The summed E-state index contributed by atoms with van der Waals surface area (Å²) in [5, 5.41) is 10.4. The maximum atomic E-state index is 13.1. The SMILES string of the molecule is COCCNC(=O)c1ccccc1NC(=O)C1CCCN(Cc2nc(-c3ccc(Cl)cc3)no2)C1. The molecule has 0 saturated carbocycles. The van der Waals surface area contributed by atoms with Crippen molar-refractivity contribution in [3.05, 3.63) is 65.0 Å². The minimum atomic E-state index is -0.254. The van der Waals surface area contributed by atoms with E-state index in [4.69, 9.17) is 20.9 Å². The van der Waals surface area contributed by atoms with Crippen molar-refractivity contribution < 1.29 is 18.8 Å². The summed E-state index contributed by atoms with van der Waals surface area (Å²) in [5.41, 5.74) is 1.74. The van der Waals surface area contributed by atoms with E-state index in [0.29, 0.717) is 54.2 Å². The molecule has 9 nitrogen and oxygen atoms in total. The van der Waals surface area contributed by atoms with Crippen LogP contribution in [0.3, 0.4) is 0 Å². The van der Waals surface area contributed by atoms with Crippen LogP contribution in [0, 0.1) is 5.92 Å². The van der Waals surface area contributed by atoms with Gasteiger partial charge >= 0.3 is 0 Å². The summed E-state index contributed by atoms with van der Waals surface area (Å²) in [5.74, 6) is 0.416. The molecule has 4 rings (SSSR count). The molecule has 35 heavy (non-hydrogen) atoms. The van der Waals surface area contributed by atoms with Crippen LogP contribution < -0.4 is 10.6 Å². The molecule has 2 aromatic carbocycles. The molecular formula is C25H28ClN5O4. The maximum absolute atomic E-state index is 13.1. The molecule has 2 heterocycles. The number of amides is 2. The predicted octanol–water partition coefficient (Wildman–Crippen LogP) is 3.62. The van der Waals surface area contributed by atoms with E-state index in [1.165, 1.54) is 0 Å². The van der Waals surface area contributed by atoms with Crippen LogP contribution >= 0.6 is 11.6 Å². The molecule has 3 aromatic rings. The lowest BCUT2D eigenvalue weighted by atomic mass is 9.96. The molecule has 1 atom stereocenters. The molecule has 0 bridgehead atoms. The number of carbonyl (C=O) groups is 2. The molecular weight excluding hydrogens is 470 g/mol. The van der Waals surface area contributed by atoms with E-state index in [0.717, 1.165) is 24.9 Å². The van der Waals surface area contributed by atoms with Gasteiger partial charge in [0, 0.05) is 30.8 Å². The van der Waals surface area contributed by atoms with Gasteiger partial charge in [-0.05, 0) is 55.8 Å². The molecule has 1 unspecified atom stereocenters. The standard InChI is InChI=1S/C25H28ClN5O4/c1-34-14-12-27-25(33)20-6-2-3-7-21(20)28-24(32)18-5-4-13-31(15-18)16-22-29-23(30-35-22)17-8-10-19(26)11-9-17/h2-3,6-11,18H,4-5,12-16H2,1H3,(H,27,33)(H,28,32). The van der Waals surface area contributed by atoms with Gasteiger partial charge in [0.15, 0.2) is 0 Å². The average molecular weight is 498 g/mol. The molecule has 0 radical (unpaired) electrons. The second-order valence-corrected chi connectivity index (χ2v) is 8.81. The Bertz CT molecular complexity index is 1150. The summed E-state index contributed by atoms with van der Waals surface area (Å²) >= 11 is 5.95. The van der Waals surface area contributed by atoms with Crippen LogP contribution in [0.5, 0.6) is 0 Å². The highest BCUT2D eigenvalue weighted by atomic mass is 35.5. The quantitative estimate of drug-likeness (QED) is 0.434. The van der Waals surface area contributed by atoms with Crippen molar-refractivity contribution in [1.82, 2.24) is 20.4 Å². The molecule has 1 aliphatic heterocycles. The van der Waals surface area contributed by atoms with E-state index in [1.807, 2.05) is 12.1 Å². The Labute approximate surface area is 208 Å². The third-order valence-electron chi connectivity index (χ3n) is 5.83. The molecule has 0 aliphatic carbocycles. The van der Waals surface area contributed by atoms with E-state index in [-0.39, 0.29) is 17.7 Å². The fourth-order valence-corrected chi connectivity index (χ4v) is 4.15. The van der Waals surface area contributed by atoms with Gasteiger partial charge in [-0.25, -0.2) is 0 Å². The van der Waals surface area contributed by atoms with Crippen molar-refractivity contribution >= 4 is 29.1 Å². The highest BCUT2D eigenvalue weighted by molar-refractivity contribution is 6.30. The Balaban J connectivity index is 1.35. The van der Waals surface area contributed by atoms with Crippen molar-refractivity contribution in [2.75, 3.05) is 38.7 Å². The first-order valence-electron chi connectivity index (χ1n) is 11.5. The second kappa shape index (κ2) is 11.9. The van der Waals surface area contributed by atoms with Gasteiger partial charge in [0.25, 0.3) is 5.91 Å². The lowest BCUT2D eigenvalue weighted by Crippen LogP contribution is -2.40. The summed E-state index contributed by atoms with van der Waals surface area (Å²) in [4.78, 5) is 32.2. The number of anilines is 1. The van der Waals surface area contributed by atoms with Gasteiger partial charge in [0.1, 0.15) is 0 Å². The van der Waals surface area contributed by atoms with Crippen molar-refractivity contribution in [3.63, 3.8) is 0 Å². The lowest BCUT2D eigenvalue weighted by molar-refractivity contribution is -0.121. The van der Waals surface area contributed by atoms with Crippen LogP contribution in [0.15, 0.2) is 53.1 Å². The Morgan fingerprint density at radius 2 is 2.00 bits per heavy atom. The number of halogens is 1. The van der Waals surface area contributed by atoms with Crippen LogP contribution in [0.25, 0.3) is 11.4 Å². The van der Waals surface area contributed by atoms with E-state index < -0.39 is 0 Å². The van der Waals surface area contributed by atoms with Crippen molar-refractivity contribution in [2.45, 2.75) is 19.4 Å². The van der Waals surface area contributed by atoms with Crippen LogP contribution in [0.1, 0.15) is 29.1 Å². The smallest absolute Gasteiger partial charge is 0.253 e. The van der Waals surface area contributed by atoms with Gasteiger partial charge in [-0.3, -0.25) is 14.5 Å². The fourth-order valence-electron chi connectivity index (χ4n) is 4.03. The zero-order chi connectivity index (χ0) is 24.6. The van der Waals surface area contributed by atoms with E-state index in [2.05, 4.69) is 25.7 Å². The van der Waals surface area contributed by atoms with Gasteiger partial charge in [-0.2, -0.15) is 4.98 Å². The molecule has 0 spiro atoms. The summed E-state index contributed by atoms with van der Waals surface area (Å²) in [6.45, 7) is 2.67. The first-order valence-corrected chi connectivity index (χ1v) is 11.9. The number of carbonyl (C=O) groups excluding carboxylic acids is 2. The zero-order valence-electron chi connectivity index (χ0n) is 19.5. The van der Waals surface area contributed by atoms with Gasteiger partial charge in [-0.15, -0.1) is 0 Å². The van der Waals surface area contributed by atoms with Crippen LogP contribution in [0.4, 0.5) is 5.69 Å². The number of nitrogens with one attached hydrogen (secondary N) is 2. The number of ether oxygens (including phenoxy) is 1. The highest BCUT2D eigenvalue weighted by Gasteiger charge is 2.28. The molecule has 2 N–H and O–H groups in total. The van der Waals surface area contributed by atoms with Gasteiger partial charge in [0.2, 0.25) is 17.6 Å². The minimum absolute atomic E-state index is 0.112. The molecule has 1 fully saturated rings. The monoisotopic (exact) mass is 497 g/mol. The van der Waals surface area contributed by atoms with Crippen LogP contribution in [-0.4, -0.2) is 60.2 Å². The number of rotatable bonds is 9. The van der Waals surface area contributed by atoms with Crippen molar-refractivity contribution in [3.8, 4) is 11.4 Å². The Kier molecular flexibility index (Phi) is 8.46. The number of piperidine rings is 1. The Morgan fingerprint density at radius 3 is 2.80 bits per heavy atom. The lowest BCUT2D eigenvalue weighted by Gasteiger charge is -2.31. The van der Waals surface area contributed by atoms with Gasteiger partial charge in [-0.1, -0.05) is 28.9 Å². The Morgan fingerprint density at radius 1 is 1.20 bits per heavy atom. The molecule has 1 saturated heterocycles. The van der Waals surface area contributed by atoms with Gasteiger partial charge in [0.05, 0.1) is 30.3 Å². The number of nitrogens with zero attached hydrogens (tertiary/aromatic N) is 3.